The maximum atomic E-state index is 11.4. The molecule has 0 heterocycles. The van der Waals surface area contributed by atoms with E-state index in [4.69, 9.17) is 14.2 Å². The molecule has 0 amide bonds. The fraction of sp³-hybridized carbons (Fsp3) is 0.429. The van der Waals surface area contributed by atoms with E-state index in [1.807, 2.05) is 0 Å². The Labute approximate surface area is 122 Å². The zero-order chi connectivity index (χ0) is 15.8. The van der Waals surface area contributed by atoms with Gasteiger partial charge in [0.1, 0.15) is 5.75 Å². The maximum absolute atomic E-state index is 11.4. The van der Waals surface area contributed by atoms with E-state index >= 15 is 0 Å². The first-order valence-corrected chi connectivity index (χ1v) is 6.07. The zero-order valence-corrected chi connectivity index (χ0v) is 12.4. The molecule has 0 aliphatic heterocycles. The molecule has 0 aliphatic carbocycles. The van der Waals surface area contributed by atoms with Gasteiger partial charge in [-0.15, -0.1) is 0 Å². The van der Waals surface area contributed by atoms with Crippen molar-refractivity contribution in [1.82, 2.24) is 0 Å². The topological polar surface area (TPSA) is 80.3 Å². The van der Waals surface area contributed by atoms with E-state index in [1.54, 1.807) is 12.1 Å². The van der Waals surface area contributed by atoms with Gasteiger partial charge in [0.15, 0.2) is 18.1 Å². The van der Waals surface area contributed by atoms with Crippen LogP contribution in [-0.2, 0) is 25.5 Å². The quantitative estimate of drug-likeness (QED) is 0.694. The molecule has 0 spiro atoms. The van der Waals surface area contributed by atoms with Crippen molar-refractivity contribution in [2.45, 2.75) is 6.42 Å². The lowest BCUT2D eigenvalue weighted by atomic mass is 10.1. The van der Waals surface area contributed by atoms with Crippen LogP contribution < -0.4 is 14.2 Å². The van der Waals surface area contributed by atoms with Gasteiger partial charge in [-0.05, 0) is 6.07 Å². The van der Waals surface area contributed by atoms with Crippen LogP contribution in [0, 0.1) is 0 Å². The summed E-state index contributed by atoms with van der Waals surface area (Å²) < 4.78 is 24.8. The number of rotatable bonds is 7. The number of methoxy groups -OCH3 is 4. The highest BCUT2D eigenvalue weighted by molar-refractivity contribution is 5.75. The zero-order valence-electron chi connectivity index (χ0n) is 12.4. The van der Waals surface area contributed by atoms with Gasteiger partial charge in [-0.25, -0.2) is 4.79 Å². The summed E-state index contributed by atoms with van der Waals surface area (Å²) >= 11 is 0. The fourth-order valence-electron chi connectivity index (χ4n) is 1.60. The monoisotopic (exact) mass is 298 g/mol. The second kappa shape index (κ2) is 7.98. The smallest absolute Gasteiger partial charge is 0.343 e. The Balaban J connectivity index is 3.09. The molecule has 0 N–H and O–H groups in total. The summed E-state index contributed by atoms with van der Waals surface area (Å²) in [5.74, 6) is 0.218. The Bertz CT molecular complexity index is 510. The van der Waals surface area contributed by atoms with Gasteiger partial charge < -0.3 is 23.7 Å². The minimum absolute atomic E-state index is 0.0205. The highest BCUT2D eigenvalue weighted by atomic mass is 16.6. The molecule has 116 valence electrons. The molecule has 0 aromatic heterocycles. The molecule has 1 rings (SSSR count). The van der Waals surface area contributed by atoms with Crippen LogP contribution in [0.3, 0.4) is 0 Å². The van der Waals surface area contributed by atoms with E-state index in [0.717, 1.165) is 0 Å². The Hall–Kier alpha value is -2.44. The molecule has 0 saturated carbocycles. The summed E-state index contributed by atoms with van der Waals surface area (Å²) in [6.07, 6.45) is -0.0205. The lowest BCUT2D eigenvalue weighted by molar-refractivity contribution is -0.142. The highest BCUT2D eigenvalue weighted by Gasteiger charge is 2.16. The van der Waals surface area contributed by atoms with Crippen LogP contribution >= 0.6 is 0 Å². The minimum atomic E-state index is -0.534. The Morgan fingerprint density at radius 3 is 1.95 bits per heavy atom. The van der Waals surface area contributed by atoms with Crippen LogP contribution in [0.5, 0.6) is 17.2 Å². The van der Waals surface area contributed by atoms with Crippen LogP contribution in [0.1, 0.15) is 5.56 Å². The second-order valence-electron chi connectivity index (χ2n) is 3.93. The molecule has 0 bridgehead atoms. The van der Waals surface area contributed by atoms with Gasteiger partial charge in [-0.1, -0.05) is 0 Å². The second-order valence-corrected chi connectivity index (χ2v) is 3.93. The van der Waals surface area contributed by atoms with Gasteiger partial charge in [0, 0.05) is 11.6 Å². The van der Waals surface area contributed by atoms with Crippen LogP contribution in [0.4, 0.5) is 0 Å². The van der Waals surface area contributed by atoms with Crippen LogP contribution in [0.2, 0.25) is 0 Å². The molecule has 0 radical (unpaired) electrons. The molecule has 0 saturated heterocycles. The number of benzene rings is 1. The number of carbonyl (C=O) groups is 2. The predicted octanol–water partition coefficient (Wildman–Crippen LogP) is 0.971. The van der Waals surface area contributed by atoms with Gasteiger partial charge >= 0.3 is 11.9 Å². The van der Waals surface area contributed by atoms with Crippen molar-refractivity contribution in [3.63, 3.8) is 0 Å². The van der Waals surface area contributed by atoms with E-state index in [-0.39, 0.29) is 13.0 Å². The predicted molar refractivity (Wildman–Crippen MR) is 72.8 cm³/mol. The van der Waals surface area contributed by atoms with Crippen molar-refractivity contribution in [2.75, 3.05) is 35.0 Å². The van der Waals surface area contributed by atoms with E-state index in [2.05, 4.69) is 9.47 Å². The molecular formula is C14H18O7. The van der Waals surface area contributed by atoms with E-state index in [9.17, 15) is 9.59 Å². The third-order valence-corrected chi connectivity index (χ3v) is 2.70. The highest BCUT2D eigenvalue weighted by Crippen LogP contribution is 2.35. The lowest BCUT2D eigenvalue weighted by Gasteiger charge is -2.14. The van der Waals surface area contributed by atoms with Gasteiger partial charge in [0.2, 0.25) is 0 Å². The molecule has 0 aliphatic rings. The van der Waals surface area contributed by atoms with Gasteiger partial charge in [0.05, 0.1) is 34.9 Å². The van der Waals surface area contributed by atoms with Crippen molar-refractivity contribution in [3.8, 4) is 17.2 Å². The minimum Gasteiger partial charge on any atom is -0.493 e. The Morgan fingerprint density at radius 1 is 0.857 bits per heavy atom. The molecule has 1 aromatic rings. The SMILES string of the molecule is COC(=O)COc1cc(OC)c(OC)cc1CC(=O)OC. The molecule has 0 atom stereocenters. The molecule has 7 heteroatoms. The van der Waals surface area contributed by atoms with Crippen LogP contribution in [0.25, 0.3) is 0 Å². The van der Waals surface area contributed by atoms with Gasteiger partial charge in [-0.2, -0.15) is 0 Å². The summed E-state index contributed by atoms with van der Waals surface area (Å²) in [5.41, 5.74) is 0.517. The lowest BCUT2D eigenvalue weighted by Crippen LogP contribution is -2.14. The first-order valence-electron chi connectivity index (χ1n) is 6.07. The Morgan fingerprint density at radius 2 is 1.43 bits per heavy atom. The van der Waals surface area contributed by atoms with E-state index in [0.29, 0.717) is 22.8 Å². The number of carbonyl (C=O) groups excluding carboxylic acids is 2. The molecule has 0 fully saturated rings. The van der Waals surface area contributed by atoms with Gasteiger partial charge in [0.25, 0.3) is 0 Å². The van der Waals surface area contributed by atoms with E-state index < -0.39 is 11.9 Å². The normalized spacial score (nSPS) is 9.71. The van der Waals surface area contributed by atoms with Crippen molar-refractivity contribution in [2.24, 2.45) is 0 Å². The molecular weight excluding hydrogens is 280 g/mol. The third-order valence-electron chi connectivity index (χ3n) is 2.70. The van der Waals surface area contributed by atoms with Crippen molar-refractivity contribution < 1.29 is 33.3 Å². The van der Waals surface area contributed by atoms with E-state index in [1.165, 1.54) is 28.4 Å². The third kappa shape index (κ3) is 4.55. The number of hydrogen-bond acceptors (Lipinski definition) is 7. The first kappa shape index (κ1) is 16.6. The van der Waals surface area contributed by atoms with Crippen molar-refractivity contribution in [3.05, 3.63) is 17.7 Å². The number of esters is 2. The summed E-state index contributed by atoms with van der Waals surface area (Å²) in [6.45, 7) is -0.278. The number of ether oxygens (including phenoxy) is 5. The van der Waals surface area contributed by atoms with Crippen molar-refractivity contribution in [1.29, 1.82) is 0 Å². The Kier molecular flexibility index (Phi) is 6.32. The standard InChI is InChI=1S/C14H18O7/c1-17-11-5-9(6-13(15)19-3)10(7-12(11)18-2)21-8-14(16)20-4/h5,7H,6,8H2,1-4H3. The molecule has 7 nitrogen and oxygen atoms in total. The molecule has 21 heavy (non-hydrogen) atoms. The van der Waals surface area contributed by atoms with Gasteiger partial charge in [-0.3, -0.25) is 4.79 Å². The fourth-order valence-corrected chi connectivity index (χ4v) is 1.60. The molecule has 1 aromatic carbocycles. The summed E-state index contributed by atoms with van der Waals surface area (Å²) in [4.78, 5) is 22.6. The summed E-state index contributed by atoms with van der Waals surface area (Å²) in [6, 6.07) is 3.14. The summed E-state index contributed by atoms with van der Waals surface area (Å²) in [7, 11) is 5.50. The van der Waals surface area contributed by atoms with Crippen LogP contribution in [0.15, 0.2) is 12.1 Å². The average molecular weight is 298 g/mol. The number of hydrogen-bond donors (Lipinski definition) is 0. The summed E-state index contributed by atoms with van der Waals surface area (Å²) in [5, 5.41) is 0. The maximum Gasteiger partial charge on any atom is 0.343 e. The average Bonchev–Trinajstić information content (AvgIpc) is 2.52. The largest absolute Gasteiger partial charge is 0.493 e. The van der Waals surface area contributed by atoms with Crippen molar-refractivity contribution >= 4 is 11.9 Å². The van der Waals surface area contributed by atoms with Crippen LogP contribution in [-0.4, -0.2) is 47.0 Å². The molecule has 0 unspecified atom stereocenters. The first-order chi connectivity index (χ1) is 10.0.